The lowest BCUT2D eigenvalue weighted by molar-refractivity contribution is -0.870. The van der Waals surface area contributed by atoms with Gasteiger partial charge in [-0.3, -0.25) is 9.36 Å². The van der Waals surface area contributed by atoms with Gasteiger partial charge in [0.2, 0.25) is 5.91 Å². The SMILES string of the molecule is CC/C=C\C/C=C\C/C=C\C/C=C\C/C=C\C/C=C\C/C=C\CCCCCCCCCCCCCC(=O)NC(COP(=O)([O-])OCC[N+](C)(C)C)C(O)/C=C/CC/C=C/CC/C=C/CCCCCCCCCCC. The Bertz CT molecular complexity index is 1620. The number of aliphatic hydroxyl groups is 1. The topological polar surface area (TPSA) is 108 Å². The fraction of sp³-hybridized carbons (Fsp3) is 0.677. The van der Waals surface area contributed by atoms with Crippen molar-refractivity contribution in [2.24, 2.45) is 0 Å². The van der Waals surface area contributed by atoms with Crippen LogP contribution in [0.15, 0.2) is 122 Å². The first-order valence-electron chi connectivity index (χ1n) is 29.9. The number of nitrogens with one attached hydrogen (secondary N) is 1. The summed E-state index contributed by atoms with van der Waals surface area (Å²) in [4.78, 5) is 25.5. The van der Waals surface area contributed by atoms with Gasteiger partial charge in [-0.15, -0.1) is 0 Å². The first kappa shape index (κ1) is 70.9. The smallest absolute Gasteiger partial charge is 0.268 e. The van der Waals surface area contributed by atoms with Gasteiger partial charge in [0.15, 0.2) is 0 Å². The molecule has 0 aliphatic carbocycles. The Morgan fingerprint density at radius 1 is 0.486 bits per heavy atom. The molecular weight excluding hydrogens is 936 g/mol. The van der Waals surface area contributed by atoms with Crippen molar-refractivity contribution in [1.29, 1.82) is 0 Å². The summed E-state index contributed by atoms with van der Waals surface area (Å²) in [5.74, 6) is -0.219. The Morgan fingerprint density at radius 2 is 0.838 bits per heavy atom. The van der Waals surface area contributed by atoms with Gasteiger partial charge in [0.1, 0.15) is 13.2 Å². The number of likely N-dealkylation sites (N-methyl/N-ethyl adjacent to an activating group) is 1. The monoisotopic (exact) mass is 1050 g/mol. The number of phosphoric ester groups is 1. The molecule has 0 aliphatic heterocycles. The minimum atomic E-state index is -4.62. The number of carbonyl (C=O) groups excluding carboxylic acids is 1. The second-order valence-corrected chi connectivity index (χ2v) is 22.4. The van der Waals surface area contributed by atoms with E-state index in [9.17, 15) is 19.4 Å². The van der Waals surface area contributed by atoms with Crippen LogP contribution in [0.4, 0.5) is 0 Å². The van der Waals surface area contributed by atoms with E-state index in [1.165, 1.54) is 116 Å². The van der Waals surface area contributed by atoms with E-state index in [0.717, 1.165) is 96.3 Å². The summed E-state index contributed by atoms with van der Waals surface area (Å²) in [5.41, 5.74) is 0. The van der Waals surface area contributed by atoms with E-state index in [2.05, 4.69) is 129 Å². The number of carbonyl (C=O) groups is 1. The van der Waals surface area contributed by atoms with Crippen LogP contribution < -0.4 is 10.2 Å². The van der Waals surface area contributed by atoms with Crippen molar-refractivity contribution in [1.82, 2.24) is 5.32 Å². The Labute approximate surface area is 456 Å². The van der Waals surface area contributed by atoms with Crippen LogP contribution in [0, 0.1) is 0 Å². The number of aliphatic hydroxyl groups excluding tert-OH is 1. The normalized spacial score (nSPS) is 14.7. The van der Waals surface area contributed by atoms with Crippen molar-refractivity contribution >= 4 is 13.7 Å². The van der Waals surface area contributed by atoms with Crippen LogP contribution in [-0.4, -0.2) is 68.5 Å². The van der Waals surface area contributed by atoms with Gasteiger partial charge < -0.3 is 28.8 Å². The van der Waals surface area contributed by atoms with Gasteiger partial charge in [-0.25, -0.2) is 0 Å². The highest BCUT2D eigenvalue weighted by Crippen LogP contribution is 2.38. The Morgan fingerprint density at radius 3 is 1.26 bits per heavy atom. The van der Waals surface area contributed by atoms with Gasteiger partial charge in [0.05, 0.1) is 39.9 Å². The lowest BCUT2D eigenvalue weighted by atomic mass is 10.0. The summed E-state index contributed by atoms with van der Waals surface area (Å²) in [7, 11) is 1.22. The van der Waals surface area contributed by atoms with Crippen LogP contribution in [0.2, 0.25) is 0 Å². The second-order valence-electron chi connectivity index (χ2n) is 20.9. The molecule has 0 aromatic rings. The third-order valence-electron chi connectivity index (χ3n) is 12.6. The molecule has 3 unspecified atom stereocenters. The molecule has 0 saturated carbocycles. The molecule has 0 bridgehead atoms. The number of allylic oxidation sites excluding steroid dienone is 19. The van der Waals surface area contributed by atoms with E-state index in [4.69, 9.17) is 9.05 Å². The van der Waals surface area contributed by atoms with Crippen LogP contribution in [-0.2, 0) is 18.4 Å². The standard InChI is InChI=1S/C65H113N2O6P/c1-6-8-10-12-14-16-18-20-22-24-26-27-28-29-30-31-32-33-34-35-36-37-38-39-41-43-45-47-49-51-53-55-57-59-65(69)66-63(62-73-74(70,71)72-61-60-67(3,4)5)64(68)58-56-54-52-50-48-46-44-42-40-25-23-21-19-17-15-13-11-9-7-2/h8,10,14,16,20,22,26-27,29-30,32-33,35-36,40,42,48,50,56,58,63-64,68H,6-7,9,11-13,15,17-19,21,23-25,28,31,34,37-39,41,43-47,49,51-55,57,59-62H2,1-5H3,(H-,66,69,70,71)/b10-8-,16-14-,22-20-,27-26-,30-29-,33-32-,36-35-,42-40+,50-48+,58-56+. The molecule has 0 radical (unpaired) electrons. The zero-order chi connectivity index (χ0) is 54.2. The van der Waals surface area contributed by atoms with E-state index >= 15 is 0 Å². The Hall–Kier alpha value is -3.10. The Kier molecular flexibility index (Phi) is 52.4. The fourth-order valence-electron chi connectivity index (χ4n) is 7.99. The molecule has 0 aromatic heterocycles. The van der Waals surface area contributed by atoms with Gasteiger partial charge in [-0.1, -0.05) is 245 Å². The quantitative estimate of drug-likeness (QED) is 0.0272. The first-order valence-corrected chi connectivity index (χ1v) is 31.4. The zero-order valence-corrected chi connectivity index (χ0v) is 49.1. The lowest BCUT2D eigenvalue weighted by Crippen LogP contribution is -2.45. The third kappa shape index (κ3) is 56.6. The number of nitrogens with zero attached hydrogens (tertiary/aromatic N) is 1. The number of phosphoric acid groups is 1. The van der Waals surface area contributed by atoms with Crippen molar-refractivity contribution in [2.45, 2.75) is 244 Å². The van der Waals surface area contributed by atoms with Crippen LogP contribution in [0.3, 0.4) is 0 Å². The van der Waals surface area contributed by atoms with Crippen molar-refractivity contribution in [3.8, 4) is 0 Å². The van der Waals surface area contributed by atoms with Gasteiger partial charge >= 0.3 is 0 Å². The van der Waals surface area contributed by atoms with Crippen molar-refractivity contribution in [3.63, 3.8) is 0 Å². The summed E-state index contributed by atoms with van der Waals surface area (Å²) < 4.78 is 23.3. The maximum atomic E-state index is 13.0. The molecule has 3 atom stereocenters. The summed E-state index contributed by atoms with van der Waals surface area (Å²) in [6.07, 6.45) is 81.4. The van der Waals surface area contributed by atoms with Gasteiger partial charge in [0.25, 0.3) is 7.82 Å². The molecule has 1 amide bonds. The summed E-state index contributed by atoms with van der Waals surface area (Å²) in [5, 5.41) is 13.9. The van der Waals surface area contributed by atoms with Crippen LogP contribution in [0.25, 0.3) is 0 Å². The van der Waals surface area contributed by atoms with E-state index < -0.39 is 26.6 Å². The number of unbranched alkanes of at least 4 members (excludes halogenated alkanes) is 22. The Balaban J connectivity index is 4.23. The first-order chi connectivity index (χ1) is 36.0. The summed E-state index contributed by atoms with van der Waals surface area (Å²) in [6, 6.07) is -0.920. The highest BCUT2D eigenvalue weighted by Gasteiger charge is 2.23. The highest BCUT2D eigenvalue weighted by atomic mass is 31.2. The number of hydrogen-bond donors (Lipinski definition) is 2. The van der Waals surface area contributed by atoms with E-state index in [-0.39, 0.29) is 12.5 Å². The molecule has 0 spiro atoms. The number of rotatable bonds is 53. The fourth-order valence-corrected chi connectivity index (χ4v) is 8.71. The van der Waals surface area contributed by atoms with Gasteiger partial charge in [0, 0.05) is 6.42 Å². The predicted molar refractivity (Wildman–Crippen MR) is 320 cm³/mol. The molecule has 8 nitrogen and oxygen atoms in total. The molecule has 0 saturated heterocycles. The molecule has 0 heterocycles. The van der Waals surface area contributed by atoms with Crippen molar-refractivity contribution in [2.75, 3.05) is 40.9 Å². The minimum Gasteiger partial charge on any atom is -0.756 e. The summed E-state index contributed by atoms with van der Waals surface area (Å²) >= 11 is 0. The molecule has 74 heavy (non-hydrogen) atoms. The van der Waals surface area contributed by atoms with Crippen molar-refractivity contribution in [3.05, 3.63) is 122 Å². The highest BCUT2D eigenvalue weighted by molar-refractivity contribution is 7.45. The number of hydrogen-bond acceptors (Lipinski definition) is 6. The molecule has 9 heteroatoms. The van der Waals surface area contributed by atoms with Crippen LogP contribution in [0.1, 0.15) is 232 Å². The van der Waals surface area contributed by atoms with E-state index in [1.807, 2.05) is 27.2 Å². The molecule has 0 rings (SSSR count). The largest absolute Gasteiger partial charge is 0.756 e. The average Bonchev–Trinajstić information content (AvgIpc) is 3.36. The van der Waals surface area contributed by atoms with Crippen molar-refractivity contribution < 1.29 is 32.9 Å². The molecule has 2 N–H and O–H groups in total. The molecule has 424 valence electrons. The maximum absolute atomic E-state index is 13.0. The predicted octanol–water partition coefficient (Wildman–Crippen LogP) is 17.9. The maximum Gasteiger partial charge on any atom is 0.268 e. The van der Waals surface area contributed by atoms with Gasteiger partial charge in [-0.2, -0.15) is 0 Å². The molecule has 0 fully saturated rings. The number of quaternary nitrogens is 1. The number of amides is 1. The lowest BCUT2D eigenvalue weighted by Gasteiger charge is -2.29. The third-order valence-corrected chi connectivity index (χ3v) is 13.6. The molecular formula is C65H113N2O6P. The molecule has 0 aliphatic rings. The summed E-state index contributed by atoms with van der Waals surface area (Å²) in [6.45, 7) is 4.49. The second kappa shape index (κ2) is 54.7. The zero-order valence-electron chi connectivity index (χ0n) is 48.2. The minimum absolute atomic E-state index is 0.0152. The van der Waals surface area contributed by atoms with Crippen LogP contribution in [0.5, 0.6) is 0 Å². The van der Waals surface area contributed by atoms with E-state index in [0.29, 0.717) is 17.4 Å². The van der Waals surface area contributed by atoms with Gasteiger partial charge in [-0.05, 0) is 103 Å². The van der Waals surface area contributed by atoms with Crippen LogP contribution >= 0.6 is 7.82 Å². The van der Waals surface area contributed by atoms with E-state index in [1.54, 1.807) is 6.08 Å². The molecule has 0 aromatic carbocycles. The average molecular weight is 1050 g/mol.